The Labute approximate surface area is 88.4 Å². The molecule has 0 aliphatic rings. The van der Waals surface area contributed by atoms with E-state index < -0.39 is 5.97 Å². The number of rotatable bonds is 2. The maximum atomic E-state index is 10.5. The van der Waals surface area contributed by atoms with E-state index >= 15 is 0 Å². The maximum Gasteiger partial charge on any atom is 0.375 e. The molecule has 0 aliphatic carbocycles. The first kappa shape index (κ1) is 9.53. The highest BCUT2D eigenvalue weighted by molar-refractivity contribution is 6.30. The van der Waals surface area contributed by atoms with Gasteiger partial charge in [0.2, 0.25) is 0 Å². The molecule has 2 heterocycles. The molecule has 76 valence electrons. The Morgan fingerprint density at radius 2 is 2.00 bits per heavy atom. The summed E-state index contributed by atoms with van der Waals surface area (Å²) in [7, 11) is 0. The predicted octanol–water partition coefficient (Wildman–Crippen LogP) is 0.409. The lowest BCUT2D eigenvalue weighted by Crippen LogP contribution is -2.04. The average molecular weight is 226 g/mol. The normalized spacial score (nSPS) is 10.2. The van der Waals surface area contributed by atoms with Crippen LogP contribution in [0.5, 0.6) is 0 Å². The van der Waals surface area contributed by atoms with Crippen molar-refractivity contribution in [2.75, 3.05) is 0 Å². The summed E-state index contributed by atoms with van der Waals surface area (Å²) in [6.07, 6.45) is 3.98. The van der Waals surface area contributed by atoms with E-state index in [1.165, 1.54) is 18.7 Å². The molecule has 0 aliphatic heterocycles. The second-order valence-corrected chi connectivity index (χ2v) is 2.96. The lowest BCUT2D eigenvalue weighted by atomic mass is 10.6. The molecular weight excluding hydrogens is 222 g/mol. The second-order valence-electron chi connectivity index (χ2n) is 2.52. The number of carbonyl (C=O) groups is 1. The Balaban J connectivity index is 2.37. The summed E-state index contributed by atoms with van der Waals surface area (Å²) in [4.78, 5) is 21.7. The standard InChI is InChI=1S/C7H4ClN5O2/c8-4-1-9-7(10-2-4)13-3-11-5(12-13)6(14)15/h1-3H,(H,14,15). The van der Waals surface area contributed by atoms with Gasteiger partial charge in [0, 0.05) is 0 Å². The van der Waals surface area contributed by atoms with Gasteiger partial charge in [0.05, 0.1) is 17.4 Å². The third kappa shape index (κ3) is 1.91. The minimum Gasteiger partial charge on any atom is -0.475 e. The highest BCUT2D eigenvalue weighted by Gasteiger charge is 2.10. The first-order valence-electron chi connectivity index (χ1n) is 3.79. The van der Waals surface area contributed by atoms with Crippen molar-refractivity contribution in [2.45, 2.75) is 0 Å². The number of halogens is 1. The van der Waals surface area contributed by atoms with Crippen LogP contribution in [0.3, 0.4) is 0 Å². The number of hydrogen-bond acceptors (Lipinski definition) is 5. The van der Waals surface area contributed by atoms with E-state index in [4.69, 9.17) is 16.7 Å². The van der Waals surface area contributed by atoms with Gasteiger partial charge in [-0.05, 0) is 0 Å². The van der Waals surface area contributed by atoms with E-state index in [0.717, 1.165) is 4.68 Å². The molecule has 0 bridgehead atoms. The molecule has 7 nitrogen and oxygen atoms in total. The highest BCUT2D eigenvalue weighted by atomic mass is 35.5. The lowest BCUT2D eigenvalue weighted by Gasteiger charge is -1.96. The molecule has 2 aromatic heterocycles. The Morgan fingerprint density at radius 3 is 2.53 bits per heavy atom. The largest absolute Gasteiger partial charge is 0.475 e. The van der Waals surface area contributed by atoms with Crippen LogP contribution in [-0.4, -0.2) is 35.8 Å². The van der Waals surface area contributed by atoms with Gasteiger partial charge in [-0.2, -0.15) is 4.68 Å². The van der Waals surface area contributed by atoms with Gasteiger partial charge in [-0.3, -0.25) is 0 Å². The molecule has 1 N–H and O–H groups in total. The van der Waals surface area contributed by atoms with Crippen molar-refractivity contribution in [2.24, 2.45) is 0 Å². The van der Waals surface area contributed by atoms with Crippen LogP contribution in [0.25, 0.3) is 5.95 Å². The average Bonchev–Trinajstić information content (AvgIpc) is 2.68. The number of nitrogens with zero attached hydrogens (tertiary/aromatic N) is 5. The van der Waals surface area contributed by atoms with Crippen LogP contribution < -0.4 is 0 Å². The zero-order valence-corrected chi connectivity index (χ0v) is 7.96. The van der Waals surface area contributed by atoms with Crippen molar-refractivity contribution in [1.82, 2.24) is 24.7 Å². The molecule has 0 saturated carbocycles. The molecule has 0 spiro atoms. The maximum absolute atomic E-state index is 10.5. The van der Waals surface area contributed by atoms with Crippen molar-refractivity contribution in [3.05, 3.63) is 29.6 Å². The van der Waals surface area contributed by atoms with Gasteiger partial charge < -0.3 is 5.11 Å². The molecule has 2 rings (SSSR count). The van der Waals surface area contributed by atoms with Crippen LogP contribution in [0.4, 0.5) is 0 Å². The summed E-state index contributed by atoms with van der Waals surface area (Å²) in [5.41, 5.74) is 0. The van der Waals surface area contributed by atoms with E-state index in [-0.39, 0.29) is 11.8 Å². The van der Waals surface area contributed by atoms with Crippen LogP contribution in [0, 0.1) is 0 Å². The number of hydrogen-bond donors (Lipinski definition) is 1. The van der Waals surface area contributed by atoms with Gasteiger partial charge in [-0.25, -0.2) is 19.7 Å². The Morgan fingerprint density at radius 1 is 1.33 bits per heavy atom. The third-order valence-corrected chi connectivity index (χ3v) is 1.69. The summed E-state index contributed by atoms with van der Waals surface area (Å²) >= 11 is 5.59. The van der Waals surface area contributed by atoms with Gasteiger partial charge in [-0.1, -0.05) is 11.6 Å². The van der Waals surface area contributed by atoms with E-state index in [1.807, 2.05) is 0 Å². The van der Waals surface area contributed by atoms with E-state index in [1.54, 1.807) is 0 Å². The molecule has 0 amide bonds. The van der Waals surface area contributed by atoms with Crippen molar-refractivity contribution < 1.29 is 9.90 Å². The van der Waals surface area contributed by atoms with Crippen LogP contribution in [-0.2, 0) is 0 Å². The summed E-state index contributed by atoms with van der Waals surface area (Å²) in [6.45, 7) is 0. The van der Waals surface area contributed by atoms with Crippen molar-refractivity contribution in [1.29, 1.82) is 0 Å². The van der Waals surface area contributed by atoms with Crippen LogP contribution in [0.2, 0.25) is 5.02 Å². The van der Waals surface area contributed by atoms with Crippen molar-refractivity contribution in [3.8, 4) is 5.95 Å². The molecule has 15 heavy (non-hydrogen) atoms. The van der Waals surface area contributed by atoms with Crippen molar-refractivity contribution in [3.63, 3.8) is 0 Å². The first-order chi connectivity index (χ1) is 7.16. The minimum atomic E-state index is -1.21. The summed E-state index contributed by atoms with van der Waals surface area (Å²) < 4.78 is 1.15. The molecule has 0 radical (unpaired) electrons. The smallest absolute Gasteiger partial charge is 0.375 e. The molecular formula is C7H4ClN5O2. The molecule has 0 unspecified atom stereocenters. The monoisotopic (exact) mass is 225 g/mol. The highest BCUT2D eigenvalue weighted by Crippen LogP contribution is 2.05. The quantitative estimate of drug-likeness (QED) is 0.796. The third-order valence-electron chi connectivity index (χ3n) is 1.49. The number of aromatic carboxylic acids is 1. The van der Waals surface area contributed by atoms with Crippen molar-refractivity contribution >= 4 is 17.6 Å². The fraction of sp³-hybridized carbons (Fsp3) is 0. The molecule has 2 aromatic rings. The number of aromatic nitrogens is 5. The summed E-state index contributed by atoms with van der Waals surface area (Å²) in [6, 6.07) is 0. The van der Waals surface area contributed by atoms with Gasteiger partial charge in [-0.15, -0.1) is 5.10 Å². The summed E-state index contributed by atoms with van der Waals surface area (Å²) in [5.74, 6) is -1.31. The van der Waals surface area contributed by atoms with Gasteiger partial charge in [0.25, 0.3) is 11.8 Å². The number of carboxylic acids is 1. The zero-order valence-electron chi connectivity index (χ0n) is 7.20. The molecule has 0 aromatic carbocycles. The van der Waals surface area contributed by atoms with Gasteiger partial charge >= 0.3 is 5.97 Å². The minimum absolute atomic E-state index is 0.208. The summed E-state index contributed by atoms with van der Waals surface area (Å²) in [5, 5.41) is 12.6. The SMILES string of the molecule is O=C(O)c1ncn(-c2ncc(Cl)cn2)n1. The fourth-order valence-electron chi connectivity index (χ4n) is 0.881. The van der Waals surface area contributed by atoms with E-state index in [9.17, 15) is 4.79 Å². The Kier molecular flexibility index (Phi) is 2.30. The van der Waals surface area contributed by atoms with Gasteiger partial charge in [0.1, 0.15) is 6.33 Å². The lowest BCUT2D eigenvalue weighted by molar-refractivity contribution is 0.0683. The Bertz CT molecular complexity index is 494. The molecule has 0 atom stereocenters. The Hall–Kier alpha value is -2.02. The van der Waals surface area contributed by atoms with E-state index in [2.05, 4.69) is 20.1 Å². The molecule has 0 fully saturated rings. The molecule has 0 saturated heterocycles. The topological polar surface area (TPSA) is 93.8 Å². The second kappa shape index (κ2) is 3.62. The van der Waals surface area contributed by atoms with Crippen LogP contribution in [0.15, 0.2) is 18.7 Å². The van der Waals surface area contributed by atoms with Crippen LogP contribution in [0.1, 0.15) is 10.6 Å². The fourth-order valence-corrected chi connectivity index (χ4v) is 0.979. The molecule has 8 heteroatoms. The predicted molar refractivity (Wildman–Crippen MR) is 48.9 cm³/mol. The zero-order chi connectivity index (χ0) is 10.8. The van der Waals surface area contributed by atoms with Gasteiger partial charge in [0.15, 0.2) is 0 Å². The number of carboxylic acid groups (broad SMARTS) is 1. The van der Waals surface area contributed by atoms with Crippen LogP contribution >= 0.6 is 11.6 Å². The van der Waals surface area contributed by atoms with E-state index in [0.29, 0.717) is 5.02 Å². The first-order valence-corrected chi connectivity index (χ1v) is 4.17.